The Bertz CT molecular complexity index is 849. The van der Waals surface area contributed by atoms with Crippen molar-refractivity contribution in [3.63, 3.8) is 0 Å². The van der Waals surface area contributed by atoms with Gasteiger partial charge in [-0.1, -0.05) is 36.4 Å². The summed E-state index contributed by atoms with van der Waals surface area (Å²) in [6.07, 6.45) is 0. The fourth-order valence-electron chi connectivity index (χ4n) is 2.55. The molecule has 0 amide bonds. The number of carbonyl (C=O) groups is 1. The number of nitrogens with one attached hydrogen (secondary N) is 1. The summed E-state index contributed by atoms with van der Waals surface area (Å²) in [6, 6.07) is 13.4. The van der Waals surface area contributed by atoms with Gasteiger partial charge in [-0.05, 0) is 30.2 Å². The molecule has 7 heteroatoms. The van der Waals surface area contributed by atoms with E-state index in [2.05, 4.69) is 4.72 Å². The second-order valence-electron chi connectivity index (χ2n) is 6.00. The van der Waals surface area contributed by atoms with E-state index in [1.54, 1.807) is 42.5 Å². The number of aliphatic carboxylic acids is 1. The Morgan fingerprint density at radius 2 is 1.80 bits per heavy atom. The zero-order chi connectivity index (χ0) is 18.6. The molecular weight excluding hydrogens is 340 g/mol. The molecule has 0 saturated heterocycles. The Balaban J connectivity index is 2.23. The molecule has 25 heavy (non-hydrogen) atoms. The third-order valence-electron chi connectivity index (χ3n) is 3.95. The van der Waals surface area contributed by atoms with Gasteiger partial charge in [-0.25, -0.2) is 13.1 Å². The number of hydrogen-bond acceptors (Lipinski definition) is 4. The van der Waals surface area contributed by atoms with E-state index >= 15 is 0 Å². The lowest BCUT2D eigenvalue weighted by atomic mass is 10.00. The van der Waals surface area contributed by atoms with Crippen molar-refractivity contribution in [2.45, 2.75) is 17.7 Å². The predicted octanol–water partition coefficient (Wildman–Crippen LogP) is 2.21. The first kappa shape index (κ1) is 19.0. The van der Waals surface area contributed by atoms with Gasteiger partial charge < -0.3 is 10.0 Å². The molecule has 0 spiro atoms. The Kier molecular flexibility index (Phi) is 5.81. The minimum Gasteiger partial charge on any atom is -0.481 e. The molecule has 0 fully saturated rings. The highest BCUT2D eigenvalue weighted by molar-refractivity contribution is 7.89. The minimum absolute atomic E-state index is 0.110. The predicted molar refractivity (Wildman–Crippen MR) is 97.5 cm³/mol. The molecular formula is C18H22N2O4S. The fraction of sp³-hybridized carbons (Fsp3) is 0.278. The number of sulfonamides is 1. The zero-order valence-corrected chi connectivity index (χ0v) is 15.2. The van der Waals surface area contributed by atoms with Crippen molar-refractivity contribution in [3.8, 4) is 0 Å². The molecule has 0 bridgehead atoms. The maximum absolute atomic E-state index is 12.6. The highest BCUT2D eigenvalue weighted by Gasteiger charge is 2.23. The number of nitrogens with zero attached hydrogens (tertiary/aromatic N) is 1. The number of aryl methyl sites for hydroxylation is 1. The first-order chi connectivity index (χ1) is 11.7. The number of carboxylic acid groups (broad SMARTS) is 1. The lowest BCUT2D eigenvalue weighted by Gasteiger charge is -2.18. The topological polar surface area (TPSA) is 86.7 Å². The highest BCUT2D eigenvalue weighted by atomic mass is 32.2. The number of carboxylic acids is 1. The van der Waals surface area contributed by atoms with Crippen LogP contribution in [0.3, 0.4) is 0 Å². The van der Waals surface area contributed by atoms with Gasteiger partial charge in [-0.2, -0.15) is 0 Å². The first-order valence-corrected chi connectivity index (χ1v) is 9.26. The summed E-state index contributed by atoms with van der Waals surface area (Å²) in [5, 5.41) is 9.41. The van der Waals surface area contributed by atoms with Gasteiger partial charge in [0.2, 0.25) is 10.0 Å². The van der Waals surface area contributed by atoms with Crippen LogP contribution in [0, 0.1) is 6.92 Å². The zero-order valence-electron chi connectivity index (χ0n) is 14.4. The van der Waals surface area contributed by atoms with E-state index in [4.69, 9.17) is 0 Å². The Morgan fingerprint density at radius 3 is 2.36 bits per heavy atom. The van der Waals surface area contributed by atoms with Crippen LogP contribution in [0.2, 0.25) is 0 Å². The largest absolute Gasteiger partial charge is 0.481 e. The van der Waals surface area contributed by atoms with E-state index in [1.807, 2.05) is 25.9 Å². The van der Waals surface area contributed by atoms with Gasteiger partial charge in [-0.15, -0.1) is 0 Å². The van der Waals surface area contributed by atoms with E-state index in [9.17, 15) is 18.3 Å². The van der Waals surface area contributed by atoms with Crippen LogP contribution in [0.25, 0.3) is 0 Å². The molecule has 2 aromatic rings. The Hall–Kier alpha value is -2.38. The van der Waals surface area contributed by atoms with Crippen LogP contribution < -0.4 is 9.62 Å². The summed E-state index contributed by atoms with van der Waals surface area (Å²) in [7, 11) is -0.139. The quantitative estimate of drug-likeness (QED) is 0.789. The van der Waals surface area contributed by atoms with Crippen molar-refractivity contribution in [2.75, 3.05) is 25.5 Å². The van der Waals surface area contributed by atoms with Crippen LogP contribution in [-0.4, -0.2) is 40.1 Å². The minimum atomic E-state index is -3.81. The molecule has 0 aromatic heterocycles. The molecule has 134 valence electrons. The molecule has 0 aliphatic heterocycles. The molecule has 6 nitrogen and oxygen atoms in total. The van der Waals surface area contributed by atoms with Crippen LogP contribution in [-0.2, 0) is 14.8 Å². The monoisotopic (exact) mass is 362 g/mol. The van der Waals surface area contributed by atoms with Crippen molar-refractivity contribution in [3.05, 3.63) is 59.7 Å². The number of rotatable bonds is 7. The lowest BCUT2D eigenvalue weighted by molar-refractivity contribution is -0.138. The van der Waals surface area contributed by atoms with E-state index in [-0.39, 0.29) is 11.4 Å². The first-order valence-electron chi connectivity index (χ1n) is 7.78. The van der Waals surface area contributed by atoms with Gasteiger partial charge in [0, 0.05) is 26.3 Å². The van der Waals surface area contributed by atoms with E-state index in [1.165, 1.54) is 6.07 Å². The molecule has 0 radical (unpaired) electrons. The second-order valence-corrected chi connectivity index (χ2v) is 7.76. The van der Waals surface area contributed by atoms with Gasteiger partial charge in [0.25, 0.3) is 0 Å². The van der Waals surface area contributed by atoms with Gasteiger partial charge in [0.1, 0.15) is 0 Å². The van der Waals surface area contributed by atoms with E-state index in [0.717, 1.165) is 11.3 Å². The van der Waals surface area contributed by atoms with Crippen LogP contribution >= 0.6 is 0 Å². The number of anilines is 1. The van der Waals surface area contributed by atoms with E-state index in [0.29, 0.717) is 5.56 Å². The Morgan fingerprint density at radius 1 is 1.16 bits per heavy atom. The van der Waals surface area contributed by atoms with Crippen molar-refractivity contribution >= 4 is 21.7 Å². The third-order valence-corrected chi connectivity index (χ3v) is 5.37. The molecule has 0 aliphatic rings. The van der Waals surface area contributed by atoms with Crippen LogP contribution in [0.5, 0.6) is 0 Å². The summed E-state index contributed by atoms with van der Waals surface area (Å²) in [6.45, 7) is 1.68. The normalized spacial score (nSPS) is 12.6. The summed E-state index contributed by atoms with van der Waals surface area (Å²) in [5.74, 6) is -2.03. The SMILES string of the molecule is Cc1ccc(S(=O)(=O)NCC(C(=O)O)c2ccccc2)cc1N(C)C. The van der Waals surface area contributed by atoms with Crippen molar-refractivity contribution in [1.82, 2.24) is 4.72 Å². The number of hydrogen-bond donors (Lipinski definition) is 2. The third kappa shape index (κ3) is 4.58. The average Bonchev–Trinajstić information content (AvgIpc) is 2.55. The molecule has 2 N–H and O–H groups in total. The smallest absolute Gasteiger partial charge is 0.312 e. The van der Waals surface area contributed by atoms with Gasteiger partial charge in [0.15, 0.2) is 0 Å². The maximum atomic E-state index is 12.6. The lowest BCUT2D eigenvalue weighted by Crippen LogP contribution is -2.32. The van der Waals surface area contributed by atoms with Crippen molar-refractivity contribution in [2.24, 2.45) is 0 Å². The Labute approximate surface area is 148 Å². The summed E-state index contributed by atoms with van der Waals surface area (Å²) in [5.41, 5.74) is 2.30. The summed E-state index contributed by atoms with van der Waals surface area (Å²) >= 11 is 0. The molecule has 0 aliphatic carbocycles. The molecule has 2 rings (SSSR count). The molecule has 1 atom stereocenters. The standard InChI is InChI=1S/C18H22N2O4S/c1-13-9-10-15(11-17(13)20(2)3)25(23,24)19-12-16(18(21)22)14-7-5-4-6-8-14/h4-11,16,19H,12H2,1-3H3,(H,21,22). The van der Waals surface area contributed by atoms with Crippen molar-refractivity contribution < 1.29 is 18.3 Å². The van der Waals surface area contributed by atoms with Crippen LogP contribution in [0.4, 0.5) is 5.69 Å². The fourth-order valence-corrected chi connectivity index (χ4v) is 3.61. The van der Waals surface area contributed by atoms with Crippen molar-refractivity contribution in [1.29, 1.82) is 0 Å². The second kappa shape index (κ2) is 7.67. The van der Waals surface area contributed by atoms with Gasteiger partial charge in [0.05, 0.1) is 10.8 Å². The number of benzene rings is 2. The van der Waals surface area contributed by atoms with Gasteiger partial charge >= 0.3 is 5.97 Å². The van der Waals surface area contributed by atoms with E-state index < -0.39 is 21.9 Å². The van der Waals surface area contributed by atoms with Crippen LogP contribution in [0.1, 0.15) is 17.0 Å². The van der Waals surface area contributed by atoms with Gasteiger partial charge in [-0.3, -0.25) is 4.79 Å². The maximum Gasteiger partial charge on any atom is 0.312 e. The molecule has 2 aromatic carbocycles. The molecule has 0 heterocycles. The highest BCUT2D eigenvalue weighted by Crippen LogP contribution is 2.23. The van der Waals surface area contributed by atoms with Crippen LogP contribution in [0.15, 0.2) is 53.4 Å². The average molecular weight is 362 g/mol. The summed E-state index contributed by atoms with van der Waals surface area (Å²) < 4.78 is 27.5. The molecule has 0 saturated carbocycles. The molecule has 1 unspecified atom stereocenters. The summed E-state index contributed by atoms with van der Waals surface area (Å²) in [4.78, 5) is 13.4.